The fourth-order valence-corrected chi connectivity index (χ4v) is 1.73. The molecule has 2 rings (SSSR count). The van der Waals surface area contributed by atoms with Gasteiger partial charge in [-0.25, -0.2) is 4.98 Å². The molecule has 0 aliphatic carbocycles. The maximum absolute atomic E-state index is 12.1. The number of rotatable bonds is 4. The van der Waals surface area contributed by atoms with Crippen LogP contribution in [0, 0.1) is 0 Å². The highest BCUT2D eigenvalue weighted by Gasteiger charge is 2.15. The van der Waals surface area contributed by atoms with Gasteiger partial charge in [-0.2, -0.15) is 0 Å². The number of ether oxygens (including phenoxy) is 1. The van der Waals surface area contributed by atoms with Gasteiger partial charge in [-0.15, -0.1) is 0 Å². The number of imidazole rings is 1. The average Bonchev–Trinajstić information content (AvgIpc) is 2.92. The van der Waals surface area contributed by atoms with Gasteiger partial charge in [0.15, 0.2) is 0 Å². The van der Waals surface area contributed by atoms with Crippen LogP contribution in [0.1, 0.15) is 29.1 Å². The number of aromatic amines is 1. The molecule has 0 spiro atoms. The zero-order valence-electron chi connectivity index (χ0n) is 10.8. The van der Waals surface area contributed by atoms with Gasteiger partial charge in [0.25, 0.3) is 5.91 Å². The van der Waals surface area contributed by atoms with Crippen molar-refractivity contribution < 1.29 is 9.53 Å². The molecule has 6 heteroatoms. The van der Waals surface area contributed by atoms with Crippen molar-refractivity contribution in [2.45, 2.75) is 13.0 Å². The molecule has 1 amide bonds. The number of nitrogens with one attached hydrogen (secondary N) is 2. The number of carbonyl (C=O) groups excluding carboxylic acids is 1. The van der Waals surface area contributed by atoms with Crippen LogP contribution in [0.4, 0.5) is 5.69 Å². The lowest BCUT2D eigenvalue weighted by molar-refractivity contribution is 0.0939. The van der Waals surface area contributed by atoms with Crippen LogP contribution < -0.4 is 15.8 Å². The number of anilines is 1. The standard InChI is InChI=1S/C13H16N4O2/c1-8(12-15-5-6-16-12)17-13(18)10-4-3-9(19-2)7-11(10)14/h3-8H,14H2,1-2H3,(H,15,16)(H,17,18). The number of nitrogens with two attached hydrogens (primary N) is 1. The summed E-state index contributed by atoms with van der Waals surface area (Å²) in [5.41, 5.74) is 6.62. The Morgan fingerprint density at radius 2 is 2.32 bits per heavy atom. The third-order valence-electron chi connectivity index (χ3n) is 2.78. The van der Waals surface area contributed by atoms with Gasteiger partial charge >= 0.3 is 0 Å². The summed E-state index contributed by atoms with van der Waals surface area (Å²) in [7, 11) is 1.55. The van der Waals surface area contributed by atoms with E-state index < -0.39 is 0 Å². The molecule has 1 atom stereocenters. The number of aromatic nitrogens is 2. The normalized spacial score (nSPS) is 11.9. The van der Waals surface area contributed by atoms with Crippen LogP contribution in [-0.4, -0.2) is 23.0 Å². The molecule has 0 saturated heterocycles. The van der Waals surface area contributed by atoms with Crippen LogP contribution in [0.15, 0.2) is 30.6 Å². The third kappa shape index (κ3) is 2.85. The van der Waals surface area contributed by atoms with Crippen molar-refractivity contribution in [3.05, 3.63) is 42.0 Å². The summed E-state index contributed by atoms with van der Waals surface area (Å²) in [5, 5.41) is 2.82. The largest absolute Gasteiger partial charge is 0.497 e. The molecule has 0 aliphatic rings. The van der Waals surface area contributed by atoms with Gasteiger partial charge in [-0.05, 0) is 19.1 Å². The zero-order valence-corrected chi connectivity index (χ0v) is 10.8. The first-order valence-electron chi connectivity index (χ1n) is 5.85. The summed E-state index contributed by atoms with van der Waals surface area (Å²) >= 11 is 0. The molecule has 0 radical (unpaired) electrons. The second-order valence-electron chi connectivity index (χ2n) is 4.12. The van der Waals surface area contributed by atoms with E-state index in [1.807, 2.05) is 6.92 Å². The second-order valence-corrected chi connectivity index (χ2v) is 4.12. The lowest BCUT2D eigenvalue weighted by Crippen LogP contribution is -2.28. The minimum Gasteiger partial charge on any atom is -0.497 e. The van der Waals surface area contributed by atoms with E-state index in [0.717, 1.165) is 0 Å². The minimum absolute atomic E-state index is 0.219. The number of hydrogen-bond acceptors (Lipinski definition) is 4. The van der Waals surface area contributed by atoms with Crippen molar-refractivity contribution in [3.63, 3.8) is 0 Å². The van der Waals surface area contributed by atoms with Gasteiger partial charge < -0.3 is 20.8 Å². The zero-order chi connectivity index (χ0) is 13.8. The van der Waals surface area contributed by atoms with Crippen LogP contribution in [0.3, 0.4) is 0 Å². The Hall–Kier alpha value is -2.50. The van der Waals surface area contributed by atoms with Crippen LogP contribution in [0.2, 0.25) is 0 Å². The Morgan fingerprint density at radius 3 is 2.89 bits per heavy atom. The van der Waals surface area contributed by atoms with E-state index in [2.05, 4.69) is 15.3 Å². The first kappa shape index (κ1) is 12.9. The average molecular weight is 260 g/mol. The van der Waals surface area contributed by atoms with Crippen molar-refractivity contribution in [1.29, 1.82) is 0 Å². The number of nitrogens with zero attached hydrogens (tertiary/aromatic N) is 1. The van der Waals surface area contributed by atoms with E-state index >= 15 is 0 Å². The fraction of sp³-hybridized carbons (Fsp3) is 0.231. The molecule has 6 nitrogen and oxygen atoms in total. The number of hydrogen-bond donors (Lipinski definition) is 3. The highest BCUT2D eigenvalue weighted by Crippen LogP contribution is 2.20. The molecule has 19 heavy (non-hydrogen) atoms. The molecule has 100 valence electrons. The topological polar surface area (TPSA) is 93.0 Å². The van der Waals surface area contributed by atoms with Crippen molar-refractivity contribution in [3.8, 4) is 5.75 Å². The Morgan fingerprint density at radius 1 is 1.53 bits per heavy atom. The maximum Gasteiger partial charge on any atom is 0.253 e. The highest BCUT2D eigenvalue weighted by atomic mass is 16.5. The van der Waals surface area contributed by atoms with Crippen molar-refractivity contribution >= 4 is 11.6 Å². The second kappa shape index (κ2) is 5.43. The number of benzene rings is 1. The monoisotopic (exact) mass is 260 g/mol. The SMILES string of the molecule is COc1ccc(C(=O)NC(C)c2ncc[nH]2)c(N)c1. The smallest absolute Gasteiger partial charge is 0.253 e. The summed E-state index contributed by atoms with van der Waals surface area (Å²) in [5.74, 6) is 1.07. The van der Waals surface area contributed by atoms with Crippen LogP contribution in [0.25, 0.3) is 0 Å². The number of carbonyl (C=O) groups is 1. The summed E-state index contributed by atoms with van der Waals surface area (Å²) < 4.78 is 5.04. The third-order valence-corrected chi connectivity index (χ3v) is 2.78. The van der Waals surface area contributed by atoms with Gasteiger partial charge in [0, 0.05) is 24.1 Å². The Labute approximate surface area is 111 Å². The number of H-pyrrole nitrogens is 1. The van der Waals surface area contributed by atoms with Crippen LogP contribution in [0.5, 0.6) is 5.75 Å². The van der Waals surface area contributed by atoms with E-state index in [1.165, 1.54) is 0 Å². The molecule has 0 bridgehead atoms. The van der Waals surface area contributed by atoms with Crippen molar-refractivity contribution in [2.24, 2.45) is 0 Å². The maximum atomic E-state index is 12.1. The van der Waals surface area contributed by atoms with Gasteiger partial charge in [0.2, 0.25) is 0 Å². The molecule has 4 N–H and O–H groups in total. The summed E-state index contributed by atoms with van der Waals surface area (Å²) in [6, 6.07) is 4.73. The molecular formula is C13H16N4O2. The van der Waals surface area contributed by atoms with Crippen LogP contribution in [-0.2, 0) is 0 Å². The summed E-state index contributed by atoms with van der Waals surface area (Å²) in [6.07, 6.45) is 3.35. The molecule has 1 unspecified atom stereocenters. The molecular weight excluding hydrogens is 244 g/mol. The molecule has 0 fully saturated rings. The summed E-state index contributed by atoms with van der Waals surface area (Å²) in [4.78, 5) is 19.1. The molecule has 2 aromatic rings. The van der Waals surface area contributed by atoms with Gasteiger partial charge in [0.1, 0.15) is 11.6 Å². The number of amides is 1. The predicted octanol–water partition coefficient (Wildman–Crippen LogP) is 1.49. The van der Waals surface area contributed by atoms with Gasteiger partial charge in [-0.3, -0.25) is 4.79 Å². The first-order valence-corrected chi connectivity index (χ1v) is 5.85. The van der Waals surface area contributed by atoms with E-state index in [0.29, 0.717) is 22.8 Å². The lowest BCUT2D eigenvalue weighted by atomic mass is 10.1. The Balaban J connectivity index is 2.12. The predicted molar refractivity (Wildman–Crippen MR) is 71.9 cm³/mol. The van der Waals surface area contributed by atoms with Crippen molar-refractivity contribution in [2.75, 3.05) is 12.8 Å². The quantitative estimate of drug-likeness (QED) is 0.726. The molecule has 0 aliphatic heterocycles. The van der Waals surface area contributed by atoms with E-state index in [-0.39, 0.29) is 11.9 Å². The minimum atomic E-state index is -0.246. The first-order chi connectivity index (χ1) is 9.11. The molecule has 0 saturated carbocycles. The van der Waals surface area contributed by atoms with Gasteiger partial charge in [0.05, 0.1) is 18.7 Å². The van der Waals surface area contributed by atoms with E-state index in [4.69, 9.17) is 10.5 Å². The Bertz CT molecular complexity index is 566. The fourth-order valence-electron chi connectivity index (χ4n) is 1.73. The van der Waals surface area contributed by atoms with E-state index in [1.54, 1.807) is 37.7 Å². The number of nitrogen functional groups attached to an aromatic ring is 1. The lowest BCUT2D eigenvalue weighted by Gasteiger charge is -2.13. The van der Waals surface area contributed by atoms with E-state index in [9.17, 15) is 4.79 Å². The molecule has 1 heterocycles. The Kier molecular flexibility index (Phi) is 3.70. The summed E-state index contributed by atoms with van der Waals surface area (Å²) in [6.45, 7) is 1.84. The van der Waals surface area contributed by atoms with Crippen molar-refractivity contribution in [1.82, 2.24) is 15.3 Å². The van der Waals surface area contributed by atoms with Crippen LogP contribution >= 0.6 is 0 Å². The highest BCUT2D eigenvalue weighted by molar-refractivity contribution is 5.99. The molecule has 1 aromatic heterocycles. The molecule has 1 aromatic carbocycles. The number of methoxy groups -OCH3 is 1. The van der Waals surface area contributed by atoms with Gasteiger partial charge in [-0.1, -0.05) is 0 Å².